The summed E-state index contributed by atoms with van der Waals surface area (Å²) >= 11 is 0. The molecule has 0 aromatic rings. The van der Waals surface area contributed by atoms with Gasteiger partial charge in [0.2, 0.25) is 0 Å². The van der Waals surface area contributed by atoms with Crippen molar-refractivity contribution in [3.05, 3.63) is 0 Å². The number of amidine groups is 2. The van der Waals surface area contributed by atoms with Gasteiger partial charge in [-0.2, -0.15) is 10.2 Å². The van der Waals surface area contributed by atoms with Gasteiger partial charge >= 0.3 is 11.9 Å². The quantitative estimate of drug-likeness (QED) is 0.0947. The molecule has 12 nitrogen and oxygen atoms in total. The lowest BCUT2D eigenvalue weighted by Gasteiger charge is -2.27. The van der Waals surface area contributed by atoms with Crippen molar-refractivity contribution in [2.24, 2.45) is 32.0 Å². The van der Waals surface area contributed by atoms with Gasteiger partial charge in [-0.3, -0.25) is 9.59 Å². The van der Waals surface area contributed by atoms with Gasteiger partial charge < -0.3 is 32.1 Å². The van der Waals surface area contributed by atoms with Crippen LogP contribution in [0.2, 0.25) is 0 Å². The Balaban J connectivity index is 5.59. The van der Waals surface area contributed by atoms with Crippen LogP contribution < -0.4 is 11.5 Å². The second-order valence-electron chi connectivity index (χ2n) is 6.52. The van der Waals surface area contributed by atoms with E-state index in [0.29, 0.717) is 0 Å². The molecule has 0 aromatic heterocycles. The van der Waals surface area contributed by atoms with Gasteiger partial charge in [-0.1, -0.05) is 10.3 Å². The van der Waals surface area contributed by atoms with Crippen LogP contribution in [-0.2, 0) is 9.59 Å². The molecule has 0 rings (SSSR count). The molecule has 0 heterocycles. The Hall–Kier alpha value is -2.92. The monoisotopic (exact) mass is 374 g/mol. The molecule has 0 aliphatic carbocycles. The summed E-state index contributed by atoms with van der Waals surface area (Å²) in [7, 11) is 0. The molecule has 0 saturated carbocycles. The number of aliphatic carboxylic acids is 2. The standard InChI is InChI=1S/C14H26N6O6/c1-13(5-3-11(21)22,7-9(15)17-25)19-20-14(2,6-4-12(23)24)8-10(16)18-26/h25-26H,3-8H2,1-2H3,(H2,15,17)(H2,16,18)(H,21,22)(H,23,24). The molecule has 0 aliphatic rings. The third-order valence-electron chi connectivity index (χ3n) is 3.67. The minimum atomic E-state index is -1.09. The van der Waals surface area contributed by atoms with Crippen molar-refractivity contribution in [3.8, 4) is 0 Å². The molecule has 0 spiro atoms. The summed E-state index contributed by atoms with van der Waals surface area (Å²) in [5, 5.41) is 49.3. The Labute approximate surface area is 150 Å². The van der Waals surface area contributed by atoms with Crippen LogP contribution in [0, 0.1) is 0 Å². The Morgan fingerprint density at radius 2 is 1.12 bits per heavy atom. The number of azo groups is 1. The van der Waals surface area contributed by atoms with Gasteiger partial charge in [-0.15, -0.1) is 0 Å². The summed E-state index contributed by atoms with van der Waals surface area (Å²) in [6.07, 6.45) is -0.445. The number of oxime groups is 2. The van der Waals surface area contributed by atoms with E-state index in [4.69, 9.17) is 32.1 Å². The smallest absolute Gasteiger partial charge is 0.303 e. The lowest BCUT2D eigenvalue weighted by molar-refractivity contribution is -0.138. The van der Waals surface area contributed by atoms with Gasteiger partial charge in [0.1, 0.15) is 11.7 Å². The van der Waals surface area contributed by atoms with E-state index in [1.165, 1.54) is 0 Å². The molecule has 12 heteroatoms. The van der Waals surface area contributed by atoms with Crippen molar-refractivity contribution >= 4 is 23.6 Å². The van der Waals surface area contributed by atoms with Crippen LogP contribution in [0.25, 0.3) is 0 Å². The fraction of sp³-hybridized carbons (Fsp3) is 0.714. The summed E-state index contributed by atoms with van der Waals surface area (Å²) in [4.78, 5) is 21.7. The molecule has 8 N–H and O–H groups in total. The van der Waals surface area contributed by atoms with Gasteiger partial charge in [0.05, 0.1) is 11.1 Å². The van der Waals surface area contributed by atoms with E-state index in [1.807, 2.05) is 0 Å². The van der Waals surface area contributed by atoms with Gasteiger partial charge in [0.15, 0.2) is 0 Å². The molecule has 26 heavy (non-hydrogen) atoms. The second-order valence-corrected chi connectivity index (χ2v) is 6.52. The Morgan fingerprint density at radius 3 is 1.35 bits per heavy atom. The third-order valence-corrected chi connectivity index (χ3v) is 3.67. The van der Waals surface area contributed by atoms with Crippen LogP contribution in [0.4, 0.5) is 0 Å². The molecule has 0 radical (unpaired) electrons. The molecule has 2 atom stereocenters. The molecular formula is C14H26N6O6. The first-order chi connectivity index (χ1) is 11.9. The number of carbonyl (C=O) groups is 2. The van der Waals surface area contributed by atoms with E-state index in [9.17, 15) is 9.59 Å². The maximum absolute atomic E-state index is 10.9. The van der Waals surface area contributed by atoms with E-state index in [0.717, 1.165) is 0 Å². The van der Waals surface area contributed by atoms with Crippen molar-refractivity contribution in [1.82, 2.24) is 0 Å². The Kier molecular flexibility index (Phi) is 9.02. The van der Waals surface area contributed by atoms with Gasteiger partial charge in [0, 0.05) is 25.7 Å². The SMILES string of the molecule is CC(CCC(=O)O)(CC(N)=NO)N=NC(C)(CCC(=O)O)CC(N)=NO. The topological polar surface area (TPSA) is 217 Å². The number of hydrogen-bond acceptors (Lipinski definition) is 8. The van der Waals surface area contributed by atoms with Crippen molar-refractivity contribution in [2.75, 3.05) is 0 Å². The van der Waals surface area contributed by atoms with E-state index >= 15 is 0 Å². The zero-order valence-electron chi connectivity index (χ0n) is 14.8. The molecule has 0 aromatic carbocycles. The fourth-order valence-corrected chi connectivity index (χ4v) is 2.19. The van der Waals surface area contributed by atoms with Gasteiger partial charge in [-0.25, -0.2) is 0 Å². The lowest BCUT2D eigenvalue weighted by atomic mass is 9.91. The first-order valence-electron chi connectivity index (χ1n) is 7.76. The summed E-state index contributed by atoms with van der Waals surface area (Å²) in [5.41, 5.74) is 8.83. The maximum atomic E-state index is 10.9. The van der Waals surface area contributed by atoms with Gasteiger partial charge in [0.25, 0.3) is 0 Å². The molecule has 148 valence electrons. The van der Waals surface area contributed by atoms with Crippen LogP contribution in [0.3, 0.4) is 0 Å². The summed E-state index contributed by atoms with van der Waals surface area (Å²) < 4.78 is 0. The van der Waals surface area contributed by atoms with Crippen LogP contribution in [0.1, 0.15) is 52.4 Å². The fourth-order valence-electron chi connectivity index (χ4n) is 2.19. The Bertz CT molecular complexity index is 542. The highest BCUT2D eigenvalue weighted by Gasteiger charge is 2.31. The van der Waals surface area contributed by atoms with Crippen LogP contribution >= 0.6 is 0 Å². The number of nitrogens with two attached hydrogens (primary N) is 2. The molecule has 0 amide bonds. The average Bonchev–Trinajstić information content (AvgIpc) is 2.56. The van der Waals surface area contributed by atoms with Crippen LogP contribution in [0.5, 0.6) is 0 Å². The Morgan fingerprint density at radius 1 is 0.808 bits per heavy atom. The molecular weight excluding hydrogens is 348 g/mol. The number of carboxylic acid groups (broad SMARTS) is 2. The number of carboxylic acids is 2. The molecule has 0 bridgehead atoms. The largest absolute Gasteiger partial charge is 0.481 e. The van der Waals surface area contributed by atoms with Crippen molar-refractivity contribution < 1.29 is 30.2 Å². The highest BCUT2D eigenvalue weighted by molar-refractivity contribution is 5.81. The summed E-state index contributed by atoms with van der Waals surface area (Å²) in [6.45, 7) is 3.16. The number of rotatable bonds is 12. The van der Waals surface area contributed by atoms with Crippen LogP contribution in [0.15, 0.2) is 20.5 Å². The zero-order chi connectivity index (χ0) is 20.4. The van der Waals surface area contributed by atoms with E-state index in [1.54, 1.807) is 13.8 Å². The van der Waals surface area contributed by atoms with Crippen molar-refractivity contribution in [1.29, 1.82) is 0 Å². The second kappa shape index (κ2) is 10.2. The molecule has 0 aliphatic heterocycles. The predicted molar refractivity (Wildman–Crippen MR) is 91.5 cm³/mol. The highest BCUT2D eigenvalue weighted by atomic mass is 16.4. The van der Waals surface area contributed by atoms with Crippen molar-refractivity contribution in [2.45, 2.75) is 63.5 Å². The highest BCUT2D eigenvalue weighted by Crippen LogP contribution is 2.28. The normalized spacial score (nSPS) is 17.6. The molecule has 0 fully saturated rings. The van der Waals surface area contributed by atoms with Crippen LogP contribution in [-0.4, -0.2) is 55.3 Å². The zero-order valence-corrected chi connectivity index (χ0v) is 14.8. The predicted octanol–water partition coefficient (Wildman–Crippen LogP) is 0.959. The van der Waals surface area contributed by atoms with Crippen molar-refractivity contribution in [3.63, 3.8) is 0 Å². The minimum Gasteiger partial charge on any atom is -0.481 e. The number of hydrogen-bond donors (Lipinski definition) is 6. The maximum Gasteiger partial charge on any atom is 0.303 e. The van der Waals surface area contributed by atoms with E-state index in [-0.39, 0.29) is 50.2 Å². The first kappa shape index (κ1) is 23.1. The third kappa shape index (κ3) is 9.39. The average molecular weight is 374 g/mol. The molecule has 0 saturated heterocycles. The minimum absolute atomic E-state index is 0.0562. The van der Waals surface area contributed by atoms with Gasteiger partial charge in [-0.05, 0) is 26.7 Å². The number of nitrogens with zero attached hydrogens (tertiary/aromatic N) is 4. The van der Waals surface area contributed by atoms with E-state index in [2.05, 4.69) is 20.5 Å². The lowest BCUT2D eigenvalue weighted by Crippen LogP contribution is -2.34. The summed E-state index contributed by atoms with van der Waals surface area (Å²) in [5.74, 6) is -2.39. The summed E-state index contributed by atoms with van der Waals surface area (Å²) in [6, 6.07) is 0. The first-order valence-corrected chi connectivity index (χ1v) is 7.76. The molecule has 2 unspecified atom stereocenters. The van der Waals surface area contributed by atoms with E-state index < -0.39 is 23.0 Å².